The third kappa shape index (κ3) is 5.54. The van der Waals surface area contributed by atoms with E-state index >= 15 is 0 Å². The molecule has 3 heterocycles. The molecule has 9 nitrogen and oxygen atoms in total. The summed E-state index contributed by atoms with van der Waals surface area (Å²) < 4.78 is 35.6. The van der Waals surface area contributed by atoms with E-state index < -0.39 is 18.4 Å². The molecule has 210 valence electrons. The fourth-order valence-electron chi connectivity index (χ4n) is 5.79. The monoisotopic (exact) mass is 542 g/mol. The topological polar surface area (TPSA) is 90.9 Å². The second-order valence-corrected chi connectivity index (χ2v) is 10.7. The predicted octanol–water partition coefficient (Wildman–Crippen LogP) is 4.50. The van der Waals surface area contributed by atoms with Crippen molar-refractivity contribution in [3.8, 4) is 5.75 Å². The van der Waals surface area contributed by atoms with Gasteiger partial charge in [-0.15, -0.1) is 0 Å². The standard InChI is InChI=1S/C28H36F2N6O3/c1-4-39-23-10-9-19(24(37)18-11-13-34(2)14-12-18)15-21(23)32-27-31-16-22-25(33-27)36(20-7-5-6-8-20)17-28(29,30)26(38)35(22)3/h9-10,15-16,18,20H,4-8,11-14,17H2,1-3H3,(H,31,32,33). The highest BCUT2D eigenvalue weighted by Gasteiger charge is 2.48. The summed E-state index contributed by atoms with van der Waals surface area (Å²) in [6.07, 6.45) is 6.43. The first kappa shape index (κ1) is 27.2. The summed E-state index contributed by atoms with van der Waals surface area (Å²) >= 11 is 0. The molecule has 1 amide bonds. The van der Waals surface area contributed by atoms with Crippen LogP contribution in [0.15, 0.2) is 24.4 Å². The van der Waals surface area contributed by atoms with Gasteiger partial charge >= 0.3 is 5.92 Å². The maximum absolute atomic E-state index is 14.9. The SMILES string of the molecule is CCOc1ccc(C(=O)C2CCN(C)CC2)cc1Nc1ncc2c(n1)N(C1CCCC1)CC(F)(F)C(=O)N2C. The molecule has 1 saturated heterocycles. The number of piperidine rings is 1. The van der Waals surface area contributed by atoms with Crippen molar-refractivity contribution >= 4 is 34.8 Å². The third-order valence-electron chi connectivity index (χ3n) is 8.04. The van der Waals surface area contributed by atoms with E-state index in [2.05, 4.69) is 27.2 Å². The number of nitrogens with one attached hydrogen (secondary N) is 1. The number of Topliss-reactive ketones (excluding diaryl/α,β-unsaturated/α-hetero) is 1. The Morgan fingerprint density at radius 1 is 1.15 bits per heavy atom. The van der Waals surface area contributed by atoms with Crippen LogP contribution in [-0.4, -0.2) is 78.9 Å². The van der Waals surface area contributed by atoms with E-state index in [9.17, 15) is 18.4 Å². The molecule has 2 aromatic rings. The van der Waals surface area contributed by atoms with E-state index in [-0.39, 0.29) is 29.4 Å². The summed E-state index contributed by atoms with van der Waals surface area (Å²) in [4.78, 5) is 39.6. The van der Waals surface area contributed by atoms with Gasteiger partial charge in [-0.25, -0.2) is 4.98 Å². The van der Waals surface area contributed by atoms with Crippen molar-refractivity contribution in [3.05, 3.63) is 30.0 Å². The number of carbonyl (C=O) groups is 2. The molecule has 5 rings (SSSR count). The molecule has 1 aliphatic carbocycles. The van der Waals surface area contributed by atoms with Crippen LogP contribution >= 0.6 is 0 Å². The molecule has 1 N–H and O–H groups in total. The van der Waals surface area contributed by atoms with Gasteiger partial charge in [0.1, 0.15) is 11.4 Å². The number of ketones is 1. The molecule has 2 fully saturated rings. The number of rotatable bonds is 7. The fourth-order valence-corrected chi connectivity index (χ4v) is 5.79. The lowest BCUT2D eigenvalue weighted by molar-refractivity contribution is -0.140. The normalized spacial score (nSPS) is 20.6. The summed E-state index contributed by atoms with van der Waals surface area (Å²) in [6.45, 7) is 3.32. The predicted molar refractivity (Wildman–Crippen MR) is 145 cm³/mol. The van der Waals surface area contributed by atoms with Crippen molar-refractivity contribution in [1.29, 1.82) is 0 Å². The number of anilines is 4. The van der Waals surface area contributed by atoms with Gasteiger partial charge in [-0.05, 0) is 70.9 Å². The lowest BCUT2D eigenvalue weighted by Gasteiger charge is -2.31. The van der Waals surface area contributed by atoms with E-state index in [1.807, 2.05) is 6.92 Å². The van der Waals surface area contributed by atoms with Crippen LogP contribution in [0.5, 0.6) is 5.75 Å². The molecule has 0 spiro atoms. The number of alkyl halides is 2. The Morgan fingerprint density at radius 3 is 2.56 bits per heavy atom. The third-order valence-corrected chi connectivity index (χ3v) is 8.04. The average Bonchev–Trinajstić information content (AvgIpc) is 3.45. The van der Waals surface area contributed by atoms with Crippen molar-refractivity contribution in [3.63, 3.8) is 0 Å². The molecule has 0 radical (unpaired) electrons. The van der Waals surface area contributed by atoms with Gasteiger partial charge in [-0.3, -0.25) is 9.59 Å². The van der Waals surface area contributed by atoms with Gasteiger partial charge in [0.15, 0.2) is 11.6 Å². The van der Waals surface area contributed by atoms with Crippen LogP contribution in [-0.2, 0) is 4.79 Å². The van der Waals surface area contributed by atoms with Crippen molar-refractivity contribution in [2.24, 2.45) is 5.92 Å². The maximum atomic E-state index is 14.9. The molecule has 0 unspecified atom stereocenters. The average molecular weight is 543 g/mol. The second-order valence-electron chi connectivity index (χ2n) is 10.7. The highest BCUT2D eigenvalue weighted by molar-refractivity contribution is 6.02. The van der Waals surface area contributed by atoms with Gasteiger partial charge in [0, 0.05) is 24.6 Å². The Hall–Kier alpha value is -3.34. The maximum Gasteiger partial charge on any atom is 0.342 e. The number of hydrogen-bond donors (Lipinski definition) is 1. The van der Waals surface area contributed by atoms with Gasteiger partial charge in [-0.2, -0.15) is 13.8 Å². The molecule has 3 aliphatic rings. The lowest BCUT2D eigenvalue weighted by atomic mass is 9.89. The number of hydrogen-bond acceptors (Lipinski definition) is 8. The van der Waals surface area contributed by atoms with Gasteiger partial charge in [0.2, 0.25) is 5.95 Å². The number of halogens is 2. The Labute approximate surface area is 227 Å². The number of likely N-dealkylation sites (tertiary alicyclic amines) is 1. The van der Waals surface area contributed by atoms with Crippen LogP contribution in [0.1, 0.15) is 55.8 Å². The number of amides is 1. The van der Waals surface area contributed by atoms with Crippen molar-refractivity contribution in [2.45, 2.75) is 57.4 Å². The summed E-state index contributed by atoms with van der Waals surface area (Å²) in [5, 5.41) is 3.17. The molecular weight excluding hydrogens is 506 g/mol. The summed E-state index contributed by atoms with van der Waals surface area (Å²) in [5.41, 5.74) is 1.33. The van der Waals surface area contributed by atoms with E-state index in [0.29, 0.717) is 29.4 Å². The number of benzene rings is 1. The fraction of sp³-hybridized carbons (Fsp3) is 0.571. The lowest BCUT2D eigenvalue weighted by Crippen LogP contribution is -2.48. The van der Waals surface area contributed by atoms with E-state index in [1.165, 1.54) is 13.2 Å². The zero-order valence-electron chi connectivity index (χ0n) is 22.8. The quantitative estimate of drug-likeness (QED) is 0.512. The van der Waals surface area contributed by atoms with Crippen LogP contribution in [0.3, 0.4) is 0 Å². The minimum Gasteiger partial charge on any atom is -0.492 e. The zero-order valence-corrected chi connectivity index (χ0v) is 22.8. The van der Waals surface area contributed by atoms with Crippen molar-refractivity contribution in [1.82, 2.24) is 14.9 Å². The van der Waals surface area contributed by atoms with Crippen LogP contribution in [0.25, 0.3) is 0 Å². The van der Waals surface area contributed by atoms with Crippen LogP contribution in [0.2, 0.25) is 0 Å². The van der Waals surface area contributed by atoms with E-state index in [4.69, 9.17) is 4.74 Å². The molecule has 1 aromatic carbocycles. The molecule has 39 heavy (non-hydrogen) atoms. The molecule has 1 aromatic heterocycles. The van der Waals surface area contributed by atoms with Crippen molar-refractivity contribution in [2.75, 3.05) is 55.5 Å². The highest BCUT2D eigenvalue weighted by Crippen LogP contribution is 2.40. The number of nitrogens with zero attached hydrogens (tertiary/aromatic N) is 5. The van der Waals surface area contributed by atoms with Gasteiger partial charge in [0.25, 0.3) is 5.91 Å². The second kappa shape index (κ2) is 11.0. The number of fused-ring (bicyclic) bond motifs is 1. The largest absolute Gasteiger partial charge is 0.492 e. The van der Waals surface area contributed by atoms with Gasteiger partial charge in [0.05, 0.1) is 25.0 Å². The smallest absolute Gasteiger partial charge is 0.342 e. The van der Waals surface area contributed by atoms with E-state index in [0.717, 1.165) is 56.5 Å². The molecule has 11 heteroatoms. The molecule has 0 bridgehead atoms. The molecule has 0 atom stereocenters. The Balaban J connectivity index is 1.48. The molecular formula is C28H36F2N6O3. The molecule has 1 saturated carbocycles. The molecule has 2 aliphatic heterocycles. The Morgan fingerprint density at radius 2 is 1.87 bits per heavy atom. The Bertz CT molecular complexity index is 1230. The van der Waals surface area contributed by atoms with Crippen molar-refractivity contribution < 1.29 is 23.1 Å². The van der Waals surface area contributed by atoms with E-state index in [1.54, 1.807) is 23.1 Å². The van der Waals surface area contributed by atoms with Crippen LogP contribution in [0.4, 0.5) is 31.9 Å². The van der Waals surface area contributed by atoms with Gasteiger partial charge in [-0.1, -0.05) is 12.8 Å². The number of ether oxygens (including phenoxy) is 1. The highest BCUT2D eigenvalue weighted by atomic mass is 19.3. The zero-order chi connectivity index (χ0) is 27.7. The first-order valence-electron chi connectivity index (χ1n) is 13.7. The Kier molecular flexibility index (Phi) is 7.70. The number of aromatic nitrogens is 2. The minimum atomic E-state index is -3.55. The summed E-state index contributed by atoms with van der Waals surface area (Å²) in [7, 11) is 3.39. The first-order valence-corrected chi connectivity index (χ1v) is 13.7. The van der Waals surface area contributed by atoms with Crippen LogP contribution in [0, 0.1) is 5.92 Å². The van der Waals surface area contributed by atoms with Crippen LogP contribution < -0.4 is 19.9 Å². The summed E-state index contributed by atoms with van der Waals surface area (Å²) in [5.74, 6) is -3.76. The minimum absolute atomic E-state index is 0.0366. The van der Waals surface area contributed by atoms with Gasteiger partial charge < -0.3 is 24.8 Å². The summed E-state index contributed by atoms with van der Waals surface area (Å²) in [6, 6.07) is 5.15. The first-order chi connectivity index (χ1) is 18.7. The number of carbonyl (C=O) groups excluding carboxylic acids is 2.